The summed E-state index contributed by atoms with van der Waals surface area (Å²) < 4.78 is 0. The van der Waals surface area contributed by atoms with Crippen LogP contribution in [-0.2, 0) is 21.4 Å². The lowest BCUT2D eigenvalue weighted by molar-refractivity contribution is -0.139. The Morgan fingerprint density at radius 3 is 2.26 bits per heavy atom. The van der Waals surface area contributed by atoms with Crippen molar-refractivity contribution < 1.29 is 9.59 Å². The fourth-order valence-corrected chi connectivity index (χ4v) is 4.87. The molecule has 2 aromatic carbocycles. The number of benzene rings is 2. The molecule has 3 N–H and O–H groups in total. The molecule has 1 fully saturated rings. The molecule has 2 amide bonds. The number of carbonyl (C=O) groups excluding carboxylic acids is 2. The van der Waals surface area contributed by atoms with E-state index in [1.807, 2.05) is 35.2 Å². The van der Waals surface area contributed by atoms with E-state index >= 15 is 0 Å². The lowest BCUT2D eigenvalue weighted by atomic mass is 9.73. The van der Waals surface area contributed by atoms with Crippen LogP contribution in [0.5, 0.6) is 0 Å². The fraction of sp³-hybridized carbons (Fsp3) is 0.440. The number of nitrogens with zero attached hydrogens (tertiary/aromatic N) is 1. The Morgan fingerprint density at radius 1 is 1.00 bits per heavy atom. The van der Waals surface area contributed by atoms with Crippen molar-refractivity contribution in [2.75, 3.05) is 13.1 Å². The van der Waals surface area contributed by atoms with Crippen LogP contribution in [0.25, 0.3) is 0 Å². The molecule has 2 aromatic rings. The van der Waals surface area contributed by atoms with Gasteiger partial charge in [0, 0.05) is 13.1 Å². The summed E-state index contributed by atoms with van der Waals surface area (Å²) in [4.78, 5) is 28.0. The predicted octanol–water partition coefficient (Wildman–Crippen LogP) is 3.51. The van der Waals surface area contributed by atoms with E-state index in [0.717, 1.165) is 31.2 Å². The van der Waals surface area contributed by atoms with Gasteiger partial charge in [0.2, 0.25) is 11.8 Å². The van der Waals surface area contributed by atoms with Crippen LogP contribution in [0, 0.1) is 0 Å². The Kier molecular flexibility index (Phi) is 6.77. The van der Waals surface area contributed by atoms with Crippen LogP contribution in [0.2, 0.25) is 0 Å². The summed E-state index contributed by atoms with van der Waals surface area (Å²) in [6.45, 7) is 4.71. The first-order valence-electron chi connectivity index (χ1n) is 10.8. The van der Waals surface area contributed by atoms with E-state index in [9.17, 15) is 9.59 Å². The minimum Gasteiger partial charge on any atom is -0.341 e. The lowest BCUT2D eigenvalue weighted by Gasteiger charge is -2.41. The molecule has 1 atom stereocenters. The zero-order valence-corrected chi connectivity index (χ0v) is 19.1. The van der Waals surface area contributed by atoms with Crippen molar-refractivity contribution in [2.45, 2.75) is 56.5 Å². The van der Waals surface area contributed by atoms with Crippen molar-refractivity contribution in [1.29, 1.82) is 0 Å². The summed E-state index contributed by atoms with van der Waals surface area (Å²) in [5.41, 5.74) is 8.82. The normalized spacial score (nSPS) is 18.1. The second-order valence-corrected chi connectivity index (χ2v) is 9.30. The monoisotopic (exact) mass is 441 g/mol. The topological polar surface area (TPSA) is 75.4 Å². The van der Waals surface area contributed by atoms with E-state index < -0.39 is 11.6 Å². The van der Waals surface area contributed by atoms with Crippen molar-refractivity contribution in [3.8, 4) is 0 Å². The highest BCUT2D eigenvalue weighted by Crippen LogP contribution is 2.46. The number of rotatable bonds is 4. The second-order valence-electron chi connectivity index (χ2n) is 9.30. The minimum absolute atomic E-state index is 0. The molecule has 5 nitrogen and oxygen atoms in total. The molecule has 4 rings (SSSR count). The maximum Gasteiger partial charge on any atom is 0.249 e. The summed E-state index contributed by atoms with van der Waals surface area (Å²) >= 11 is 0. The van der Waals surface area contributed by atoms with Gasteiger partial charge in [0.05, 0.1) is 5.54 Å². The van der Waals surface area contributed by atoms with Crippen LogP contribution in [0.3, 0.4) is 0 Å². The number of nitrogens with two attached hydrogens (primary N) is 1. The van der Waals surface area contributed by atoms with Crippen LogP contribution >= 0.6 is 12.4 Å². The summed E-state index contributed by atoms with van der Waals surface area (Å²) in [6, 6.07) is 17.4. The van der Waals surface area contributed by atoms with Crippen molar-refractivity contribution in [1.82, 2.24) is 10.2 Å². The SMILES string of the molecule is CC(C)(N)C(=O)NC(C(=O)N1CCC2(CCc3ccccc32)CC1)c1ccccc1.Cl. The largest absolute Gasteiger partial charge is 0.341 e. The van der Waals surface area contributed by atoms with Crippen LogP contribution in [0.15, 0.2) is 54.6 Å². The van der Waals surface area contributed by atoms with Crippen LogP contribution in [0.1, 0.15) is 55.8 Å². The van der Waals surface area contributed by atoms with Crippen LogP contribution in [-0.4, -0.2) is 35.3 Å². The van der Waals surface area contributed by atoms with E-state index in [2.05, 4.69) is 29.6 Å². The third-order valence-corrected chi connectivity index (χ3v) is 6.73. The Morgan fingerprint density at radius 2 is 1.61 bits per heavy atom. The average molecular weight is 442 g/mol. The molecule has 0 radical (unpaired) electrons. The van der Waals surface area contributed by atoms with E-state index in [4.69, 9.17) is 5.73 Å². The Hall–Kier alpha value is -2.37. The van der Waals surface area contributed by atoms with Gasteiger partial charge in [0.25, 0.3) is 0 Å². The molecule has 31 heavy (non-hydrogen) atoms. The molecule has 0 bridgehead atoms. The zero-order valence-electron chi connectivity index (χ0n) is 18.3. The van der Waals surface area contributed by atoms with E-state index in [-0.39, 0.29) is 29.6 Å². The Labute approximate surface area is 190 Å². The molecule has 1 heterocycles. The number of aryl methyl sites for hydroxylation is 1. The highest BCUT2D eigenvalue weighted by Gasteiger charge is 2.43. The van der Waals surface area contributed by atoms with Crippen molar-refractivity contribution >= 4 is 24.2 Å². The number of likely N-dealkylation sites (tertiary alicyclic amines) is 1. The molecule has 1 aliphatic heterocycles. The molecule has 1 aliphatic carbocycles. The maximum absolute atomic E-state index is 13.5. The Balaban J connectivity index is 0.00000272. The second kappa shape index (κ2) is 9.01. The van der Waals surface area contributed by atoms with Gasteiger partial charge in [0.15, 0.2) is 0 Å². The molecule has 1 spiro atoms. The molecular weight excluding hydrogens is 410 g/mol. The number of nitrogens with one attached hydrogen (secondary N) is 1. The zero-order chi connectivity index (χ0) is 21.4. The quantitative estimate of drug-likeness (QED) is 0.762. The highest BCUT2D eigenvalue weighted by atomic mass is 35.5. The molecule has 0 saturated carbocycles. The number of hydrogen-bond donors (Lipinski definition) is 2. The van der Waals surface area contributed by atoms with Gasteiger partial charge in [-0.3, -0.25) is 9.59 Å². The number of hydrogen-bond acceptors (Lipinski definition) is 3. The molecule has 2 aliphatic rings. The Bertz CT molecular complexity index is 931. The van der Waals surface area contributed by atoms with Gasteiger partial charge >= 0.3 is 0 Å². The number of carbonyl (C=O) groups is 2. The van der Waals surface area contributed by atoms with E-state index in [0.29, 0.717) is 13.1 Å². The summed E-state index contributed by atoms with van der Waals surface area (Å²) in [6.07, 6.45) is 4.22. The summed E-state index contributed by atoms with van der Waals surface area (Å²) in [5.74, 6) is -0.386. The first kappa shape index (κ1) is 23.3. The van der Waals surface area contributed by atoms with E-state index in [1.54, 1.807) is 13.8 Å². The number of piperidine rings is 1. The van der Waals surface area contributed by atoms with Gasteiger partial charge in [-0.25, -0.2) is 0 Å². The van der Waals surface area contributed by atoms with Gasteiger partial charge in [0.1, 0.15) is 6.04 Å². The first-order chi connectivity index (χ1) is 14.3. The lowest BCUT2D eigenvalue weighted by Crippen LogP contribution is -2.54. The van der Waals surface area contributed by atoms with Gasteiger partial charge in [-0.15, -0.1) is 12.4 Å². The van der Waals surface area contributed by atoms with Crippen molar-refractivity contribution in [3.63, 3.8) is 0 Å². The summed E-state index contributed by atoms with van der Waals surface area (Å²) in [5, 5.41) is 2.89. The fourth-order valence-electron chi connectivity index (χ4n) is 4.87. The van der Waals surface area contributed by atoms with Gasteiger partial charge in [-0.05, 0) is 61.6 Å². The maximum atomic E-state index is 13.5. The minimum atomic E-state index is -1.05. The first-order valence-corrected chi connectivity index (χ1v) is 10.8. The molecule has 1 saturated heterocycles. The smallest absolute Gasteiger partial charge is 0.249 e. The van der Waals surface area contributed by atoms with Crippen LogP contribution in [0.4, 0.5) is 0 Å². The highest BCUT2D eigenvalue weighted by molar-refractivity contribution is 5.92. The van der Waals surface area contributed by atoms with Gasteiger partial charge < -0.3 is 16.0 Å². The van der Waals surface area contributed by atoms with Gasteiger partial charge in [-0.2, -0.15) is 0 Å². The van der Waals surface area contributed by atoms with E-state index in [1.165, 1.54) is 11.1 Å². The summed E-state index contributed by atoms with van der Waals surface area (Å²) in [7, 11) is 0. The third-order valence-electron chi connectivity index (χ3n) is 6.73. The molecular formula is C25H32ClN3O2. The molecule has 0 aromatic heterocycles. The van der Waals surface area contributed by atoms with Gasteiger partial charge in [-0.1, -0.05) is 54.6 Å². The molecule has 1 unspecified atom stereocenters. The standard InChI is InChI=1S/C25H31N3O2.ClH/c1-24(2,26)23(30)27-21(19-9-4-3-5-10-19)22(29)28-16-14-25(15-17-28)13-12-18-8-6-7-11-20(18)25;/h3-11,21H,12-17,26H2,1-2H3,(H,27,30);1H. The van der Waals surface area contributed by atoms with Crippen LogP contribution < -0.4 is 11.1 Å². The number of fused-ring (bicyclic) bond motifs is 2. The molecule has 166 valence electrons. The number of halogens is 1. The average Bonchev–Trinajstić information content (AvgIpc) is 3.10. The molecule has 6 heteroatoms. The van der Waals surface area contributed by atoms with Crippen molar-refractivity contribution in [3.05, 3.63) is 71.3 Å². The predicted molar refractivity (Wildman–Crippen MR) is 125 cm³/mol. The third kappa shape index (κ3) is 4.63. The number of amides is 2. The van der Waals surface area contributed by atoms with Crippen molar-refractivity contribution in [2.24, 2.45) is 5.73 Å².